The number of ether oxygens (including phenoxy) is 1. The quantitative estimate of drug-likeness (QED) is 0.113. The normalized spacial score (nSPS) is 11.0. The highest BCUT2D eigenvalue weighted by Gasteiger charge is 2.20. The Morgan fingerprint density at radius 1 is 1.07 bits per heavy atom. The number of aromatic nitrogens is 3. The van der Waals surface area contributed by atoms with Gasteiger partial charge in [0.25, 0.3) is 5.91 Å². The first-order chi connectivity index (χ1) is 20.4. The van der Waals surface area contributed by atoms with Crippen molar-refractivity contribution >= 4 is 29.0 Å². The monoisotopic (exact) mass is 580 g/mol. The zero-order valence-electron chi connectivity index (χ0n) is 23.5. The van der Waals surface area contributed by atoms with Gasteiger partial charge in [-0.1, -0.05) is 6.92 Å². The molecule has 6 N–H and O–H groups in total. The summed E-state index contributed by atoms with van der Waals surface area (Å²) >= 11 is 0. The minimum absolute atomic E-state index is 0.0210. The number of imidazole rings is 1. The molecule has 11 nitrogen and oxygen atoms in total. The van der Waals surface area contributed by atoms with Crippen LogP contribution in [0, 0.1) is 11.6 Å². The van der Waals surface area contributed by atoms with E-state index in [4.69, 9.17) is 10.5 Å². The lowest BCUT2D eigenvalue weighted by molar-refractivity contribution is -0.121. The Morgan fingerprint density at radius 3 is 2.64 bits per heavy atom. The maximum atomic E-state index is 15.0. The highest BCUT2D eigenvalue weighted by molar-refractivity contribution is 5.96. The molecule has 0 atom stereocenters. The maximum absolute atomic E-state index is 15.0. The van der Waals surface area contributed by atoms with E-state index in [9.17, 15) is 18.4 Å². The van der Waals surface area contributed by atoms with Crippen molar-refractivity contribution in [2.24, 2.45) is 5.73 Å². The van der Waals surface area contributed by atoms with E-state index in [1.165, 1.54) is 24.5 Å². The summed E-state index contributed by atoms with van der Waals surface area (Å²) in [6.45, 7) is 3.04. The van der Waals surface area contributed by atoms with Crippen LogP contribution in [0.4, 0.5) is 20.3 Å². The van der Waals surface area contributed by atoms with Crippen LogP contribution < -0.4 is 31.7 Å². The fourth-order valence-corrected chi connectivity index (χ4v) is 4.34. The van der Waals surface area contributed by atoms with Gasteiger partial charge in [-0.2, -0.15) is 4.39 Å². The van der Waals surface area contributed by atoms with Gasteiger partial charge >= 0.3 is 0 Å². The molecule has 0 saturated carbocycles. The van der Waals surface area contributed by atoms with Crippen molar-refractivity contribution in [3.05, 3.63) is 71.7 Å². The molecule has 2 heterocycles. The van der Waals surface area contributed by atoms with Crippen LogP contribution >= 0.6 is 0 Å². The lowest BCUT2D eigenvalue weighted by Crippen LogP contribution is -2.35. The number of nitrogens with two attached hydrogens (primary N) is 1. The van der Waals surface area contributed by atoms with Gasteiger partial charge in [0.15, 0.2) is 23.0 Å². The minimum Gasteiger partial charge on any atom is -0.475 e. The maximum Gasteiger partial charge on any atom is 0.251 e. The predicted octanol–water partition coefficient (Wildman–Crippen LogP) is 3.12. The molecule has 0 bridgehead atoms. The number of carbonyl (C=O) groups is 2. The van der Waals surface area contributed by atoms with Crippen LogP contribution in [0.3, 0.4) is 0 Å². The second-order valence-electron chi connectivity index (χ2n) is 9.34. The first-order valence-corrected chi connectivity index (χ1v) is 13.6. The van der Waals surface area contributed by atoms with Gasteiger partial charge in [-0.05, 0) is 62.3 Å². The summed E-state index contributed by atoms with van der Waals surface area (Å²) in [5.74, 6) is -2.29. The summed E-state index contributed by atoms with van der Waals surface area (Å²) in [7, 11) is 1.63. The number of anilines is 2. The molecular weight excluding hydrogens is 546 g/mol. The summed E-state index contributed by atoms with van der Waals surface area (Å²) in [4.78, 5) is 33.3. The largest absolute Gasteiger partial charge is 0.475 e. The number of rotatable bonds is 14. The molecule has 2 aromatic carbocycles. The molecule has 0 aliphatic rings. The topological polar surface area (TPSA) is 148 Å². The molecule has 4 aromatic rings. The second-order valence-corrected chi connectivity index (χ2v) is 9.34. The lowest BCUT2D eigenvalue weighted by Gasteiger charge is -2.13. The third-order valence-corrected chi connectivity index (χ3v) is 6.46. The van der Waals surface area contributed by atoms with Crippen LogP contribution in [-0.2, 0) is 11.2 Å². The Morgan fingerprint density at radius 2 is 1.88 bits per heavy atom. The van der Waals surface area contributed by atoms with E-state index in [-0.39, 0.29) is 29.9 Å². The molecule has 0 unspecified atom stereocenters. The zero-order chi connectivity index (χ0) is 30.1. The van der Waals surface area contributed by atoms with E-state index in [0.717, 1.165) is 5.56 Å². The number of fused-ring (bicyclic) bond motifs is 1. The molecule has 4 rings (SSSR count). The van der Waals surface area contributed by atoms with E-state index >= 15 is 0 Å². The van der Waals surface area contributed by atoms with Gasteiger partial charge < -0.3 is 26.4 Å². The third kappa shape index (κ3) is 6.98. The summed E-state index contributed by atoms with van der Waals surface area (Å²) in [6.07, 6.45) is 6.14. The van der Waals surface area contributed by atoms with Crippen molar-refractivity contribution in [2.45, 2.75) is 26.2 Å². The fourth-order valence-electron chi connectivity index (χ4n) is 4.34. The van der Waals surface area contributed by atoms with Crippen LogP contribution in [-0.4, -0.2) is 59.6 Å². The first kappa shape index (κ1) is 30.3. The molecule has 222 valence electrons. The van der Waals surface area contributed by atoms with Crippen molar-refractivity contribution in [1.82, 2.24) is 30.3 Å². The SMILES string of the molecule is CCc1cc(Nc2nccn3c(-c4ccc(OCNC)c(F)c4F)cnc23)ccc1C(=O)NCCNC(=O)CCCN. The van der Waals surface area contributed by atoms with E-state index in [0.29, 0.717) is 67.3 Å². The van der Waals surface area contributed by atoms with Crippen LogP contribution in [0.15, 0.2) is 48.9 Å². The van der Waals surface area contributed by atoms with Crippen molar-refractivity contribution in [3.63, 3.8) is 0 Å². The molecule has 0 radical (unpaired) electrons. The van der Waals surface area contributed by atoms with Crippen LogP contribution in [0.2, 0.25) is 0 Å². The van der Waals surface area contributed by atoms with Gasteiger partial charge in [0.1, 0.15) is 6.73 Å². The smallest absolute Gasteiger partial charge is 0.251 e. The molecule has 2 amide bonds. The Balaban J connectivity index is 1.49. The van der Waals surface area contributed by atoms with E-state index in [2.05, 4.69) is 31.2 Å². The fraction of sp³-hybridized carbons (Fsp3) is 0.310. The zero-order valence-corrected chi connectivity index (χ0v) is 23.5. The predicted molar refractivity (Wildman–Crippen MR) is 156 cm³/mol. The molecule has 0 fully saturated rings. The van der Waals surface area contributed by atoms with Gasteiger partial charge in [-0.3, -0.25) is 19.3 Å². The molecule has 2 aromatic heterocycles. The number of aryl methyl sites for hydroxylation is 1. The summed E-state index contributed by atoms with van der Waals surface area (Å²) in [5.41, 5.74) is 8.16. The summed E-state index contributed by atoms with van der Waals surface area (Å²) in [6, 6.07) is 8.11. The lowest BCUT2D eigenvalue weighted by atomic mass is 10.0. The van der Waals surface area contributed by atoms with E-state index in [1.54, 1.807) is 29.8 Å². The Bertz CT molecular complexity index is 1560. The van der Waals surface area contributed by atoms with Crippen molar-refractivity contribution in [1.29, 1.82) is 0 Å². The molecule has 0 aliphatic heterocycles. The van der Waals surface area contributed by atoms with Gasteiger partial charge in [0, 0.05) is 48.7 Å². The molecule has 42 heavy (non-hydrogen) atoms. The number of hydrogen-bond acceptors (Lipinski definition) is 8. The third-order valence-electron chi connectivity index (χ3n) is 6.46. The molecule has 0 spiro atoms. The highest BCUT2D eigenvalue weighted by Crippen LogP contribution is 2.31. The standard InChI is InChI=1S/C29H34F2N8O3/c1-3-18-15-19(6-7-20(18)29(41)36-12-11-34-24(40)5-4-10-32)38-27-28-37-16-22(39(28)14-13-35-27)21-8-9-23(42-17-33-2)26(31)25(21)30/h6-9,13-16,33H,3-5,10-12,17,32H2,1-2H3,(H,34,40)(H,35,38)(H,36,41). The Hall–Kier alpha value is -4.62. The van der Waals surface area contributed by atoms with Crippen LogP contribution in [0.25, 0.3) is 16.9 Å². The van der Waals surface area contributed by atoms with E-state index < -0.39 is 11.6 Å². The average Bonchev–Trinajstić information content (AvgIpc) is 3.43. The molecule has 13 heteroatoms. The average molecular weight is 581 g/mol. The number of halogens is 2. The summed E-state index contributed by atoms with van der Waals surface area (Å²) < 4.78 is 36.4. The van der Waals surface area contributed by atoms with Gasteiger partial charge in [0.2, 0.25) is 11.7 Å². The number of benzene rings is 2. The number of nitrogens with zero attached hydrogens (tertiary/aromatic N) is 3. The van der Waals surface area contributed by atoms with Crippen molar-refractivity contribution in [3.8, 4) is 17.0 Å². The molecule has 0 saturated heterocycles. The number of nitrogens with one attached hydrogen (secondary N) is 4. The second kappa shape index (κ2) is 14.3. The van der Waals surface area contributed by atoms with Gasteiger partial charge in [0.05, 0.1) is 11.9 Å². The number of amides is 2. The van der Waals surface area contributed by atoms with Crippen molar-refractivity contribution < 1.29 is 23.1 Å². The number of hydrogen-bond donors (Lipinski definition) is 5. The highest BCUT2D eigenvalue weighted by atomic mass is 19.2. The van der Waals surface area contributed by atoms with Gasteiger partial charge in [-0.25, -0.2) is 14.4 Å². The first-order valence-electron chi connectivity index (χ1n) is 13.6. The molecule has 0 aliphatic carbocycles. The van der Waals surface area contributed by atoms with Crippen molar-refractivity contribution in [2.75, 3.05) is 38.7 Å². The van der Waals surface area contributed by atoms with Gasteiger partial charge in [-0.15, -0.1) is 0 Å². The summed E-state index contributed by atoms with van der Waals surface area (Å²) in [5, 5.41) is 11.5. The van der Waals surface area contributed by atoms with Crippen LogP contribution in [0.5, 0.6) is 5.75 Å². The Kier molecular flexibility index (Phi) is 10.3. The molecular formula is C29H34F2N8O3. The van der Waals surface area contributed by atoms with E-state index in [1.807, 2.05) is 13.0 Å². The van der Waals surface area contributed by atoms with Crippen LogP contribution in [0.1, 0.15) is 35.7 Å². The minimum atomic E-state index is -1.09. The Labute approximate surface area is 241 Å². The number of carbonyl (C=O) groups excluding carboxylic acids is 2.